The zero-order valence-electron chi connectivity index (χ0n) is 16.8. The van der Waals surface area contributed by atoms with Crippen LogP contribution in [0.3, 0.4) is 0 Å². The Hall–Kier alpha value is -3.07. The molecule has 0 fully saturated rings. The van der Waals surface area contributed by atoms with Gasteiger partial charge in [0.1, 0.15) is 17.7 Å². The van der Waals surface area contributed by atoms with Crippen LogP contribution < -0.4 is 15.0 Å². The Kier molecular flexibility index (Phi) is 5.62. The lowest BCUT2D eigenvalue weighted by molar-refractivity contribution is -0.138. The summed E-state index contributed by atoms with van der Waals surface area (Å²) >= 11 is 0. The standard InChI is InChI=1S/C22H22F3N3O3/c1-31-14-7-5-13(6-8-14)15-11-16-17(22(23,24)25)3-2-4-18(16)28(21(30)20(15)29)12-19-26-9-10-27-19/h2-8,15,20,29H,9-12H2,1H3,(H,26,27). The van der Waals surface area contributed by atoms with Crippen molar-refractivity contribution in [3.8, 4) is 5.75 Å². The molecule has 31 heavy (non-hydrogen) atoms. The normalized spacial score (nSPS) is 21.3. The van der Waals surface area contributed by atoms with Gasteiger partial charge in [0.25, 0.3) is 5.91 Å². The first-order chi connectivity index (χ1) is 14.8. The Morgan fingerprint density at radius 2 is 1.97 bits per heavy atom. The number of halogens is 3. The number of amidine groups is 1. The molecule has 1 amide bonds. The maximum Gasteiger partial charge on any atom is 0.416 e. The van der Waals surface area contributed by atoms with Crippen molar-refractivity contribution >= 4 is 17.4 Å². The maximum atomic E-state index is 13.8. The fraction of sp³-hybridized carbons (Fsp3) is 0.364. The van der Waals surface area contributed by atoms with Gasteiger partial charge in [0.05, 0.1) is 25.8 Å². The highest BCUT2D eigenvalue weighted by atomic mass is 19.4. The number of carbonyl (C=O) groups is 1. The van der Waals surface area contributed by atoms with Crippen molar-refractivity contribution in [2.24, 2.45) is 4.99 Å². The smallest absolute Gasteiger partial charge is 0.416 e. The van der Waals surface area contributed by atoms with Gasteiger partial charge in [-0.2, -0.15) is 13.2 Å². The van der Waals surface area contributed by atoms with Gasteiger partial charge in [0, 0.05) is 18.2 Å². The predicted octanol–water partition coefficient (Wildman–Crippen LogP) is 2.75. The van der Waals surface area contributed by atoms with Crippen molar-refractivity contribution in [2.45, 2.75) is 24.6 Å². The van der Waals surface area contributed by atoms with E-state index in [2.05, 4.69) is 10.3 Å². The van der Waals surface area contributed by atoms with Crippen LogP contribution in [0.1, 0.15) is 22.6 Å². The van der Waals surface area contributed by atoms with Crippen molar-refractivity contribution < 1.29 is 27.8 Å². The lowest BCUT2D eigenvalue weighted by Crippen LogP contribution is -2.45. The van der Waals surface area contributed by atoms with E-state index in [4.69, 9.17) is 4.74 Å². The molecule has 0 aliphatic carbocycles. The maximum absolute atomic E-state index is 13.8. The third-order valence-corrected chi connectivity index (χ3v) is 5.67. The largest absolute Gasteiger partial charge is 0.497 e. The summed E-state index contributed by atoms with van der Waals surface area (Å²) in [7, 11) is 1.50. The molecule has 0 spiro atoms. The number of anilines is 1. The van der Waals surface area contributed by atoms with Crippen LogP contribution in [0.15, 0.2) is 47.5 Å². The van der Waals surface area contributed by atoms with E-state index in [1.165, 1.54) is 24.1 Å². The fourth-order valence-corrected chi connectivity index (χ4v) is 4.11. The van der Waals surface area contributed by atoms with Crippen LogP contribution in [0.2, 0.25) is 0 Å². The number of fused-ring (bicyclic) bond motifs is 1. The van der Waals surface area contributed by atoms with E-state index < -0.39 is 29.7 Å². The van der Waals surface area contributed by atoms with Crippen LogP contribution in [-0.2, 0) is 17.4 Å². The van der Waals surface area contributed by atoms with Crippen LogP contribution in [0.4, 0.5) is 18.9 Å². The number of nitrogens with one attached hydrogen (secondary N) is 1. The Labute approximate surface area is 177 Å². The van der Waals surface area contributed by atoms with E-state index in [1.54, 1.807) is 24.3 Å². The molecule has 2 aliphatic heterocycles. The molecule has 6 nitrogen and oxygen atoms in total. The molecule has 2 atom stereocenters. The van der Waals surface area contributed by atoms with Crippen LogP contribution in [0.5, 0.6) is 5.75 Å². The topological polar surface area (TPSA) is 74.2 Å². The highest BCUT2D eigenvalue weighted by Gasteiger charge is 2.42. The van der Waals surface area contributed by atoms with E-state index in [0.29, 0.717) is 30.2 Å². The SMILES string of the molecule is COc1ccc(C2Cc3c(cccc3C(F)(F)F)N(CC3=NCCN3)C(=O)C2O)cc1. The summed E-state index contributed by atoms with van der Waals surface area (Å²) in [5, 5.41) is 14.0. The van der Waals surface area contributed by atoms with E-state index in [9.17, 15) is 23.1 Å². The number of hydrogen-bond donors (Lipinski definition) is 2. The average Bonchev–Trinajstić information content (AvgIpc) is 3.24. The van der Waals surface area contributed by atoms with E-state index in [1.807, 2.05) is 0 Å². The molecule has 0 saturated heterocycles. The highest BCUT2D eigenvalue weighted by molar-refractivity contribution is 6.04. The number of aliphatic hydroxyl groups excluding tert-OH is 1. The van der Waals surface area contributed by atoms with Crippen LogP contribution in [-0.4, -0.2) is 49.7 Å². The Bertz CT molecular complexity index is 1010. The molecule has 9 heteroatoms. The quantitative estimate of drug-likeness (QED) is 0.778. The van der Waals surface area contributed by atoms with Gasteiger partial charge in [0.15, 0.2) is 0 Å². The molecule has 2 heterocycles. The number of rotatable bonds is 4. The van der Waals surface area contributed by atoms with Crippen molar-refractivity contribution in [3.63, 3.8) is 0 Å². The Morgan fingerprint density at radius 3 is 2.58 bits per heavy atom. The first kappa shape index (κ1) is 21.2. The molecular formula is C22H22F3N3O3. The van der Waals surface area contributed by atoms with E-state index in [0.717, 1.165) is 6.07 Å². The zero-order chi connectivity index (χ0) is 22.2. The van der Waals surface area contributed by atoms with E-state index in [-0.39, 0.29) is 24.2 Å². The number of ether oxygens (including phenoxy) is 1. The number of carbonyl (C=O) groups excluding carboxylic acids is 1. The van der Waals surface area contributed by atoms with Crippen LogP contribution >= 0.6 is 0 Å². The number of hydrogen-bond acceptors (Lipinski definition) is 5. The summed E-state index contributed by atoms with van der Waals surface area (Å²) in [6, 6.07) is 10.4. The molecule has 2 unspecified atom stereocenters. The Morgan fingerprint density at radius 1 is 1.23 bits per heavy atom. The van der Waals surface area contributed by atoms with Gasteiger partial charge in [-0.3, -0.25) is 9.79 Å². The lowest BCUT2D eigenvalue weighted by Gasteiger charge is -2.26. The zero-order valence-corrected chi connectivity index (χ0v) is 16.8. The van der Waals surface area contributed by atoms with Crippen molar-refractivity contribution in [1.82, 2.24) is 5.32 Å². The van der Waals surface area contributed by atoms with Gasteiger partial charge >= 0.3 is 6.18 Å². The second-order valence-electron chi connectivity index (χ2n) is 7.51. The first-order valence-corrected chi connectivity index (χ1v) is 9.89. The van der Waals surface area contributed by atoms with Crippen LogP contribution in [0.25, 0.3) is 0 Å². The summed E-state index contributed by atoms with van der Waals surface area (Å²) in [5.41, 5.74) is -0.120. The number of alkyl halides is 3. The fourth-order valence-electron chi connectivity index (χ4n) is 4.11. The molecule has 2 N–H and O–H groups in total. The third-order valence-electron chi connectivity index (χ3n) is 5.67. The first-order valence-electron chi connectivity index (χ1n) is 9.89. The molecule has 164 valence electrons. The Balaban J connectivity index is 1.83. The number of amides is 1. The predicted molar refractivity (Wildman–Crippen MR) is 110 cm³/mol. The molecule has 4 rings (SSSR count). The molecule has 0 radical (unpaired) electrons. The summed E-state index contributed by atoms with van der Waals surface area (Å²) in [6.07, 6.45) is -6.24. The molecule has 2 aliphatic rings. The van der Waals surface area contributed by atoms with Gasteiger partial charge in [-0.1, -0.05) is 18.2 Å². The third kappa shape index (κ3) is 4.10. The summed E-state index contributed by atoms with van der Waals surface area (Å²) in [4.78, 5) is 18.7. The molecular weight excluding hydrogens is 411 g/mol. The molecule has 2 aromatic carbocycles. The summed E-state index contributed by atoms with van der Waals surface area (Å²) in [6.45, 7) is 1.10. The number of aliphatic hydroxyl groups is 1. The van der Waals surface area contributed by atoms with E-state index >= 15 is 0 Å². The summed E-state index contributed by atoms with van der Waals surface area (Å²) < 4.78 is 46.7. The molecule has 0 aromatic heterocycles. The lowest BCUT2D eigenvalue weighted by atomic mass is 9.86. The minimum Gasteiger partial charge on any atom is -0.497 e. The van der Waals surface area contributed by atoms with Gasteiger partial charge < -0.3 is 20.1 Å². The van der Waals surface area contributed by atoms with Crippen LogP contribution in [0, 0.1) is 0 Å². The van der Waals surface area contributed by atoms with Gasteiger partial charge in [-0.15, -0.1) is 0 Å². The number of methoxy groups -OCH3 is 1. The highest BCUT2D eigenvalue weighted by Crippen LogP contribution is 2.42. The molecule has 2 aromatic rings. The van der Waals surface area contributed by atoms with Gasteiger partial charge in [-0.25, -0.2) is 0 Å². The number of nitrogens with zero attached hydrogens (tertiary/aromatic N) is 2. The number of benzene rings is 2. The molecule has 0 saturated carbocycles. The van der Waals surface area contributed by atoms with Crippen molar-refractivity contribution in [3.05, 3.63) is 59.2 Å². The van der Waals surface area contributed by atoms with Crippen molar-refractivity contribution in [2.75, 3.05) is 31.6 Å². The minimum atomic E-state index is -4.59. The number of aliphatic imine (C=N–C) groups is 1. The average molecular weight is 433 g/mol. The van der Waals surface area contributed by atoms with Crippen molar-refractivity contribution in [1.29, 1.82) is 0 Å². The van der Waals surface area contributed by atoms with Gasteiger partial charge in [0.2, 0.25) is 0 Å². The van der Waals surface area contributed by atoms with Gasteiger partial charge in [-0.05, 0) is 41.8 Å². The minimum absolute atomic E-state index is 0.0145. The summed E-state index contributed by atoms with van der Waals surface area (Å²) in [5.74, 6) is -0.423. The second-order valence-corrected chi connectivity index (χ2v) is 7.51. The molecule has 0 bridgehead atoms. The second kappa shape index (κ2) is 8.22. The monoisotopic (exact) mass is 433 g/mol.